The molecular formula is C20H20N2O2. The third kappa shape index (κ3) is 3.08. The van der Waals surface area contributed by atoms with Gasteiger partial charge in [0.25, 0.3) is 0 Å². The molecule has 1 aromatic carbocycles. The molecule has 4 heteroatoms. The standard InChI is InChI=1S/C20H20N2O2/c1-13-5-7-17(8-6-13)19(23)10-9-18-11-14(2)22(16(18)4)20-12-15(3)24-21-20/h5-12H,1-4H3/b10-9+. The Morgan fingerprint density at radius 3 is 2.42 bits per heavy atom. The molecule has 0 aliphatic carbocycles. The topological polar surface area (TPSA) is 48.0 Å². The predicted octanol–water partition coefficient (Wildman–Crippen LogP) is 4.60. The lowest BCUT2D eigenvalue weighted by Gasteiger charge is -2.03. The fourth-order valence-electron chi connectivity index (χ4n) is 2.75. The van der Waals surface area contributed by atoms with Crippen molar-refractivity contribution in [1.82, 2.24) is 9.72 Å². The van der Waals surface area contributed by atoms with Crippen molar-refractivity contribution < 1.29 is 9.32 Å². The van der Waals surface area contributed by atoms with Gasteiger partial charge in [-0.05, 0) is 51.5 Å². The summed E-state index contributed by atoms with van der Waals surface area (Å²) in [6.07, 6.45) is 3.47. The Hall–Kier alpha value is -2.88. The number of hydrogen-bond donors (Lipinski definition) is 0. The monoisotopic (exact) mass is 320 g/mol. The van der Waals surface area contributed by atoms with Gasteiger partial charge in [0.1, 0.15) is 5.76 Å². The first-order chi connectivity index (χ1) is 11.5. The van der Waals surface area contributed by atoms with Gasteiger partial charge in [-0.2, -0.15) is 0 Å². The minimum absolute atomic E-state index is 0.00270. The first-order valence-corrected chi connectivity index (χ1v) is 7.87. The Kier molecular flexibility index (Phi) is 4.21. The predicted molar refractivity (Wildman–Crippen MR) is 94.6 cm³/mol. The molecule has 0 saturated carbocycles. The van der Waals surface area contributed by atoms with E-state index >= 15 is 0 Å². The van der Waals surface area contributed by atoms with E-state index in [0.29, 0.717) is 5.56 Å². The normalized spacial score (nSPS) is 11.3. The van der Waals surface area contributed by atoms with Crippen LogP contribution in [-0.2, 0) is 0 Å². The van der Waals surface area contributed by atoms with Crippen LogP contribution in [0.1, 0.15) is 38.6 Å². The number of nitrogens with zero attached hydrogens (tertiary/aromatic N) is 2. The van der Waals surface area contributed by atoms with Crippen molar-refractivity contribution in [3.05, 3.63) is 76.3 Å². The van der Waals surface area contributed by atoms with Gasteiger partial charge in [-0.3, -0.25) is 9.36 Å². The summed E-state index contributed by atoms with van der Waals surface area (Å²) < 4.78 is 7.18. The molecule has 3 aromatic rings. The van der Waals surface area contributed by atoms with E-state index in [-0.39, 0.29) is 5.78 Å². The first kappa shape index (κ1) is 16.0. The zero-order valence-corrected chi connectivity index (χ0v) is 14.3. The Balaban J connectivity index is 1.88. The van der Waals surface area contributed by atoms with Crippen LogP contribution in [-0.4, -0.2) is 15.5 Å². The molecule has 3 rings (SSSR count). The highest BCUT2D eigenvalue weighted by Crippen LogP contribution is 2.22. The van der Waals surface area contributed by atoms with Crippen LogP contribution in [0.3, 0.4) is 0 Å². The lowest BCUT2D eigenvalue weighted by Crippen LogP contribution is -1.99. The van der Waals surface area contributed by atoms with Gasteiger partial charge in [0.2, 0.25) is 0 Å². The van der Waals surface area contributed by atoms with Crippen LogP contribution in [0.2, 0.25) is 0 Å². The summed E-state index contributed by atoms with van der Waals surface area (Å²) in [6, 6.07) is 11.5. The van der Waals surface area contributed by atoms with Crippen LogP contribution in [0.25, 0.3) is 11.9 Å². The van der Waals surface area contributed by atoms with E-state index < -0.39 is 0 Å². The summed E-state index contributed by atoms with van der Waals surface area (Å²) in [5.41, 5.74) is 4.89. The number of carbonyl (C=O) groups is 1. The summed E-state index contributed by atoms with van der Waals surface area (Å²) in [5.74, 6) is 1.52. The summed E-state index contributed by atoms with van der Waals surface area (Å²) in [6.45, 7) is 7.89. The van der Waals surface area contributed by atoms with Gasteiger partial charge < -0.3 is 4.52 Å². The molecule has 0 aliphatic rings. The second-order valence-electron chi connectivity index (χ2n) is 6.02. The summed E-state index contributed by atoms with van der Waals surface area (Å²) in [7, 11) is 0. The molecule has 24 heavy (non-hydrogen) atoms. The Labute approximate surface area is 141 Å². The number of aromatic nitrogens is 2. The molecule has 0 spiro atoms. The third-order valence-corrected chi connectivity index (χ3v) is 4.07. The number of ketones is 1. The molecule has 0 unspecified atom stereocenters. The fourth-order valence-corrected chi connectivity index (χ4v) is 2.75. The molecule has 2 heterocycles. The van der Waals surface area contributed by atoms with Gasteiger partial charge in [0.05, 0.1) is 0 Å². The molecule has 0 bridgehead atoms. The van der Waals surface area contributed by atoms with Crippen LogP contribution in [0, 0.1) is 27.7 Å². The maximum absolute atomic E-state index is 12.3. The summed E-state index contributed by atoms with van der Waals surface area (Å²) in [4.78, 5) is 12.3. The maximum atomic E-state index is 12.3. The van der Waals surface area contributed by atoms with Crippen molar-refractivity contribution in [2.24, 2.45) is 0 Å². The molecule has 4 nitrogen and oxygen atoms in total. The van der Waals surface area contributed by atoms with E-state index in [2.05, 4.69) is 5.16 Å². The molecule has 0 fully saturated rings. The van der Waals surface area contributed by atoms with Crippen molar-refractivity contribution >= 4 is 11.9 Å². The Morgan fingerprint density at radius 1 is 1.08 bits per heavy atom. The molecule has 0 aliphatic heterocycles. The van der Waals surface area contributed by atoms with Gasteiger partial charge in [0, 0.05) is 23.0 Å². The van der Waals surface area contributed by atoms with Crippen LogP contribution >= 0.6 is 0 Å². The van der Waals surface area contributed by atoms with Crippen molar-refractivity contribution in [2.45, 2.75) is 27.7 Å². The number of benzene rings is 1. The van der Waals surface area contributed by atoms with E-state index in [1.807, 2.05) is 74.7 Å². The molecule has 0 N–H and O–H groups in total. The zero-order valence-electron chi connectivity index (χ0n) is 14.3. The van der Waals surface area contributed by atoms with Crippen LogP contribution < -0.4 is 0 Å². The summed E-state index contributed by atoms with van der Waals surface area (Å²) in [5, 5.41) is 4.07. The fraction of sp³-hybridized carbons (Fsp3) is 0.200. The molecular weight excluding hydrogens is 300 g/mol. The van der Waals surface area contributed by atoms with E-state index in [0.717, 1.165) is 34.1 Å². The van der Waals surface area contributed by atoms with Crippen molar-refractivity contribution in [2.75, 3.05) is 0 Å². The summed E-state index contributed by atoms with van der Waals surface area (Å²) >= 11 is 0. The van der Waals surface area contributed by atoms with Gasteiger partial charge in [-0.25, -0.2) is 0 Å². The Morgan fingerprint density at radius 2 is 1.79 bits per heavy atom. The average molecular weight is 320 g/mol. The zero-order chi connectivity index (χ0) is 17.3. The lowest BCUT2D eigenvalue weighted by molar-refractivity contribution is 0.104. The minimum atomic E-state index is -0.00270. The van der Waals surface area contributed by atoms with E-state index in [1.165, 1.54) is 0 Å². The van der Waals surface area contributed by atoms with Crippen LogP contribution in [0.15, 0.2) is 47.0 Å². The van der Waals surface area contributed by atoms with Crippen molar-refractivity contribution in [3.63, 3.8) is 0 Å². The second kappa shape index (κ2) is 6.32. The lowest BCUT2D eigenvalue weighted by atomic mass is 10.1. The van der Waals surface area contributed by atoms with Crippen LogP contribution in [0.5, 0.6) is 0 Å². The number of hydrogen-bond acceptors (Lipinski definition) is 3. The van der Waals surface area contributed by atoms with Gasteiger partial charge >= 0.3 is 0 Å². The maximum Gasteiger partial charge on any atom is 0.185 e. The number of rotatable bonds is 4. The second-order valence-corrected chi connectivity index (χ2v) is 6.02. The molecule has 122 valence electrons. The van der Waals surface area contributed by atoms with E-state index in [1.54, 1.807) is 6.08 Å². The SMILES string of the molecule is Cc1ccc(C(=O)/C=C/c2cc(C)n(-c3cc(C)on3)c2C)cc1. The number of carbonyl (C=O) groups excluding carboxylic acids is 1. The number of allylic oxidation sites excluding steroid dienone is 1. The first-order valence-electron chi connectivity index (χ1n) is 7.87. The Bertz CT molecular complexity index is 912. The van der Waals surface area contributed by atoms with E-state index in [4.69, 9.17) is 4.52 Å². The highest BCUT2D eigenvalue weighted by Gasteiger charge is 2.12. The molecule has 2 aromatic heterocycles. The van der Waals surface area contributed by atoms with Gasteiger partial charge in [-0.15, -0.1) is 0 Å². The average Bonchev–Trinajstić information content (AvgIpc) is 3.09. The quantitative estimate of drug-likeness (QED) is 0.521. The van der Waals surface area contributed by atoms with Crippen LogP contribution in [0.4, 0.5) is 0 Å². The molecule has 0 saturated heterocycles. The number of aryl methyl sites for hydroxylation is 3. The van der Waals surface area contributed by atoms with Crippen molar-refractivity contribution in [3.8, 4) is 5.82 Å². The van der Waals surface area contributed by atoms with E-state index in [9.17, 15) is 4.79 Å². The largest absolute Gasteiger partial charge is 0.360 e. The molecule has 0 radical (unpaired) electrons. The minimum Gasteiger partial charge on any atom is -0.360 e. The van der Waals surface area contributed by atoms with Crippen molar-refractivity contribution in [1.29, 1.82) is 0 Å². The smallest absolute Gasteiger partial charge is 0.185 e. The van der Waals surface area contributed by atoms with Gasteiger partial charge in [0.15, 0.2) is 11.6 Å². The highest BCUT2D eigenvalue weighted by molar-refractivity contribution is 6.06. The molecule has 0 atom stereocenters. The van der Waals surface area contributed by atoms with Gasteiger partial charge in [-0.1, -0.05) is 35.0 Å². The third-order valence-electron chi connectivity index (χ3n) is 4.07. The highest BCUT2D eigenvalue weighted by atomic mass is 16.5. The molecule has 0 amide bonds.